The Morgan fingerprint density at radius 2 is 0.788 bits per heavy atom. The third kappa shape index (κ3) is 3.87. The van der Waals surface area contributed by atoms with Gasteiger partial charge < -0.3 is 4.90 Å². The van der Waals surface area contributed by atoms with Crippen LogP contribution >= 0.6 is 11.3 Å². The molecule has 0 N–H and O–H groups in total. The number of thiophene rings is 1. The molecule has 0 spiro atoms. The van der Waals surface area contributed by atoms with Crippen LogP contribution in [0.25, 0.3) is 95.6 Å². The van der Waals surface area contributed by atoms with Gasteiger partial charge in [-0.15, -0.1) is 11.3 Å². The maximum absolute atomic E-state index is 2.49. The Morgan fingerprint density at radius 1 is 0.288 bits per heavy atom. The molecule has 0 aliphatic heterocycles. The highest BCUT2D eigenvalue weighted by Crippen LogP contribution is 2.48. The van der Waals surface area contributed by atoms with Gasteiger partial charge in [-0.05, 0) is 112 Å². The van der Waals surface area contributed by atoms with Crippen LogP contribution in [0.15, 0.2) is 176 Å². The zero-order chi connectivity index (χ0) is 33.9. The fourth-order valence-corrected chi connectivity index (χ4v) is 10.2. The highest BCUT2D eigenvalue weighted by atomic mass is 32.1. The van der Waals surface area contributed by atoms with Crippen molar-refractivity contribution < 1.29 is 0 Å². The third-order valence-electron chi connectivity index (χ3n) is 11.3. The molecule has 0 saturated carbocycles. The summed E-state index contributed by atoms with van der Waals surface area (Å²) < 4.78 is 2.63. The number of hydrogen-bond donors (Lipinski definition) is 0. The zero-order valence-electron chi connectivity index (χ0n) is 28.1. The second-order valence-corrected chi connectivity index (χ2v) is 15.1. The van der Waals surface area contributed by atoms with Crippen LogP contribution in [0.5, 0.6) is 0 Å². The minimum absolute atomic E-state index is 1.15. The number of fused-ring (bicyclic) bond motifs is 6. The van der Waals surface area contributed by atoms with Crippen molar-refractivity contribution >= 4 is 124 Å². The molecule has 0 amide bonds. The van der Waals surface area contributed by atoms with E-state index in [2.05, 4.69) is 181 Å². The number of hydrogen-bond acceptors (Lipinski definition) is 2. The molecule has 12 rings (SSSR count). The van der Waals surface area contributed by atoms with Gasteiger partial charge in [0.1, 0.15) is 0 Å². The molecule has 0 bridgehead atoms. The molecule has 52 heavy (non-hydrogen) atoms. The Kier molecular flexibility index (Phi) is 5.71. The summed E-state index contributed by atoms with van der Waals surface area (Å²) in [5, 5.41) is 20.5. The Hall–Kier alpha value is -6.48. The van der Waals surface area contributed by atoms with Crippen molar-refractivity contribution in [3.8, 4) is 0 Å². The van der Waals surface area contributed by atoms with E-state index in [-0.39, 0.29) is 0 Å². The van der Waals surface area contributed by atoms with E-state index in [0.29, 0.717) is 0 Å². The van der Waals surface area contributed by atoms with Crippen molar-refractivity contribution in [2.75, 3.05) is 4.90 Å². The summed E-state index contributed by atoms with van der Waals surface area (Å²) in [6, 6.07) is 65.8. The number of benzene rings is 10. The summed E-state index contributed by atoms with van der Waals surface area (Å²) in [5.74, 6) is 0. The molecule has 1 nitrogen and oxygen atoms in total. The van der Waals surface area contributed by atoms with Gasteiger partial charge in [-0.25, -0.2) is 0 Å². The van der Waals surface area contributed by atoms with Crippen LogP contribution in [0.2, 0.25) is 0 Å². The van der Waals surface area contributed by atoms with Crippen LogP contribution in [-0.4, -0.2) is 0 Å². The Balaban J connectivity index is 1.28. The molecule has 0 aliphatic carbocycles. The maximum atomic E-state index is 2.49. The van der Waals surface area contributed by atoms with Crippen LogP contribution in [0, 0.1) is 0 Å². The summed E-state index contributed by atoms with van der Waals surface area (Å²) in [6.45, 7) is 0. The van der Waals surface area contributed by atoms with Crippen LogP contribution in [0.3, 0.4) is 0 Å². The quantitative estimate of drug-likeness (QED) is 0.169. The van der Waals surface area contributed by atoms with Gasteiger partial charge in [0, 0.05) is 36.9 Å². The fraction of sp³-hybridized carbons (Fsp3) is 0. The van der Waals surface area contributed by atoms with Gasteiger partial charge in [0.2, 0.25) is 0 Å². The summed E-state index contributed by atoms with van der Waals surface area (Å²) >= 11 is 1.87. The smallest absolute Gasteiger partial charge is 0.0540 e. The Morgan fingerprint density at radius 3 is 1.52 bits per heavy atom. The van der Waals surface area contributed by atoms with Crippen molar-refractivity contribution in [2.24, 2.45) is 0 Å². The molecule has 2 heteroatoms. The van der Waals surface area contributed by atoms with Crippen molar-refractivity contribution in [3.05, 3.63) is 176 Å². The van der Waals surface area contributed by atoms with Crippen LogP contribution < -0.4 is 4.90 Å². The van der Waals surface area contributed by atoms with E-state index in [1.807, 2.05) is 11.3 Å². The van der Waals surface area contributed by atoms with Crippen LogP contribution in [0.1, 0.15) is 0 Å². The molecule has 12 aromatic rings. The first kappa shape index (κ1) is 28.2. The highest BCUT2D eigenvalue weighted by molar-refractivity contribution is 7.25. The minimum Gasteiger partial charge on any atom is -0.310 e. The molecule has 0 radical (unpaired) electrons. The average molecular weight is 676 g/mol. The van der Waals surface area contributed by atoms with Gasteiger partial charge in [-0.2, -0.15) is 0 Å². The van der Waals surface area contributed by atoms with Gasteiger partial charge in [-0.3, -0.25) is 0 Å². The van der Waals surface area contributed by atoms with Gasteiger partial charge in [0.15, 0.2) is 0 Å². The van der Waals surface area contributed by atoms with Gasteiger partial charge in [-0.1, -0.05) is 133 Å². The fourth-order valence-electron chi connectivity index (χ4n) is 9.08. The van der Waals surface area contributed by atoms with Crippen molar-refractivity contribution in [3.63, 3.8) is 0 Å². The summed E-state index contributed by atoms with van der Waals surface area (Å²) in [4.78, 5) is 2.49. The van der Waals surface area contributed by atoms with E-state index in [1.165, 1.54) is 101 Å². The standard InChI is InChI=1S/C50H29NS/c1-2-14-37-30(9-1)10-8-19-44(37)51(35-25-26-46-42(28-35)38-15-3-4-20-45(38)52-46)36-27-34-24-23-33-12-6-17-40-39-16-5-11-31-21-22-32-13-7-18-41(49(32)47(31)39)43(29-36)50(34)48(33)40/h1-29H. The van der Waals surface area contributed by atoms with E-state index in [9.17, 15) is 0 Å². The molecule has 11 aromatic carbocycles. The molecule has 1 aromatic heterocycles. The highest BCUT2D eigenvalue weighted by Gasteiger charge is 2.21. The van der Waals surface area contributed by atoms with Crippen LogP contribution in [0.4, 0.5) is 17.1 Å². The minimum atomic E-state index is 1.15. The second kappa shape index (κ2) is 10.5. The maximum Gasteiger partial charge on any atom is 0.0540 e. The Labute approximate surface area is 303 Å². The van der Waals surface area contributed by atoms with Crippen molar-refractivity contribution in [2.45, 2.75) is 0 Å². The molecule has 240 valence electrons. The first-order chi connectivity index (χ1) is 25.8. The van der Waals surface area contributed by atoms with E-state index in [0.717, 1.165) is 11.4 Å². The molecular formula is C50H29NS. The molecule has 1 heterocycles. The predicted molar refractivity (Wildman–Crippen MR) is 228 cm³/mol. The molecule has 0 saturated heterocycles. The van der Waals surface area contributed by atoms with E-state index >= 15 is 0 Å². The summed E-state index contributed by atoms with van der Waals surface area (Å²) in [5.41, 5.74) is 3.46. The van der Waals surface area contributed by atoms with E-state index in [1.54, 1.807) is 0 Å². The van der Waals surface area contributed by atoms with E-state index < -0.39 is 0 Å². The van der Waals surface area contributed by atoms with Crippen molar-refractivity contribution in [1.82, 2.24) is 0 Å². The summed E-state index contributed by atoms with van der Waals surface area (Å²) in [6.07, 6.45) is 0. The third-order valence-corrected chi connectivity index (χ3v) is 12.4. The monoisotopic (exact) mass is 675 g/mol. The van der Waals surface area contributed by atoms with Gasteiger partial charge >= 0.3 is 0 Å². The molecule has 0 unspecified atom stereocenters. The lowest BCUT2D eigenvalue weighted by molar-refractivity contribution is 1.31. The molecule has 0 aliphatic rings. The number of nitrogens with zero attached hydrogens (tertiary/aromatic N) is 1. The van der Waals surface area contributed by atoms with E-state index in [4.69, 9.17) is 0 Å². The summed E-state index contributed by atoms with van der Waals surface area (Å²) in [7, 11) is 0. The number of rotatable bonds is 3. The van der Waals surface area contributed by atoms with Crippen molar-refractivity contribution in [1.29, 1.82) is 0 Å². The predicted octanol–water partition coefficient (Wildman–Crippen LogP) is 15.0. The molecular weight excluding hydrogens is 647 g/mol. The first-order valence-corrected chi connectivity index (χ1v) is 18.7. The average Bonchev–Trinajstić information content (AvgIpc) is 3.57. The Bertz CT molecular complexity index is 3410. The lowest BCUT2D eigenvalue weighted by Crippen LogP contribution is -2.10. The number of anilines is 3. The molecule has 0 atom stereocenters. The second-order valence-electron chi connectivity index (χ2n) is 14.0. The molecule has 0 fully saturated rings. The lowest BCUT2D eigenvalue weighted by Gasteiger charge is -2.28. The lowest BCUT2D eigenvalue weighted by atomic mass is 9.87. The van der Waals surface area contributed by atoms with Gasteiger partial charge in [0.25, 0.3) is 0 Å². The largest absolute Gasteiger partial charge is 0.310 e. The van der Waals surface area contributed by atoms with Gasteiger partial charge in [0.05, 0.1) is 5.69 Å². The van der Waals surface area contributed by atoms with Crippen LogP contribution in [-0.2, 0) is 0 Å². The topological polar surface area (TPSA) is 3.24 Å². The zero-order valence-corrected chi connectivity index (χ0v) is 28.9. The SMILES string of the molecule is c1ccc2c(N(c3ccc4sc5ccccc5c4c3)c3cc4ccc5cccc6c7cccc8ccc9cccc(c(c3)c4c56)c9c87)cccc2c1. The first-order valence-electron chi connectivity index (χ1n) is 17.9. The normalized spacial score (nSPS) is 12.2.